The number of fused-ring (bicyclic) bond motifs is 2. The van der Waals surface area contributed by atoms with Crippen molar-refractivity contribution in [2.75, 3.05) is 0 Å². The Morgan fingerprint density at radius 2 is 1.41 bits per heavy atom. The normalized spacial score (nSPS) is 16.2. The van der Waals surface area contributed by atoms with Gasteiger partial charge in [0.25, 0.3) is 0 Å². The van der Waals surface area contributed by atoms with Crippen LogP contribution in [0.25, 0.3) is 39.7 Å². The molecule has 4 nitrogen and oxygen atoms in total. The van der Waals surface area contributed by atoms with Crippen LogP contribution in [0, 0.1) is 27.7 Å². The molecule has 4 aromatic carbocycles. The Hall–Kier alpha value is -5.48. The first kappa shape index (κ1) is 27.4. The molecule has 2 aliphatic rings. The minimum Gasteiger partial charge on any atom is -0.506 e. The van der Waals surface area contributed by atoms with Crippen LogP contribution in [0.1, 0.15) is 38.9 Å². The van der Waals surface area contributed by atoms with Gasteiger partial charge in [0, 0.05) is 16.7 Å². The summed E-state index contributed by atoms with van der Waals surface area (Å²) in [5.41, 5.74) is 9.89. The molecule has 214 valence electrons. The molecule has 0 radical (unpaired) electrons. The van der Waals surface area contributed by atoms with Gasteiger partial charge >= 0.3 is 11.3 Å². The molecule has 1 aliphatic heterocycles. The summed E-state index contributed by atoms with van der Waals surface area (Å²) in [6.07, 6.45) is 5.50. The van der Waals surface area contributed by atoms with Crippen LogP contribution in [-0.2, 0) is 4.79 Å². The number of hydrogen-bond donors (Lipinski definition) is 1. The van der Waals surface area contributed by atoms with Gasteiger partial charge in [-0.2, -0.15) is 0 Å². The maximum atomic E-state index is 13.7. The fraction of sp³-hybridized carbons (Fsp3) is 0.100. The Balaban J connectivity index is 1.36. The summed E-state index contributed by atoms with van der Waals surface area (Å²) in [4.78, 5) is 13.7. The lowest BCUT2D eigenvalue weighted by Crippen LogP contribution is -2.21. The van der Waals surface area contributed by atoms with E-state index in [1.54, 1.807) is 12.2 Å². The number of aliphatic hydroxyl groups excluding tert-OH is 1. The standard InChI is InChI=1S/C40H30O4/c1-23-15-25(3)39-31(17-23)29(21-35(43-39)27-11-7-5-8-12-27)19-33-37(41)34(38(33)42)20-30-22-36(28-13-9-6-10-14-28)44-40-26(4)16-24(2)18-32(30)40/h5-22H,1-4H3/p+1. The van der Waals surface area contributed by atoms with Crippen molar-refractivity contribution in [3.63, 3.8) is 0 Å². The Bertz CT molecular complexity index is 2130. The Kier molecular flexibility index (Phi) is 6.63. The van der Waals surface area contributed by atoms with Gasteiger partial charge in [-0.1, -0.05) is 54.6 Å². The lowest BCUT2D eigenvalue weighted by molar-refractivity contribution is -0.113. The summed E-state index contributed by atoms with van der Waals surface area (Å²) < 4.78 is 12.7. The van der Waals surface area contributed by atoms with E-state index in [1.807, 2.05) is 101 Å². The number of hydrogen-bond acceptors (Lipinski definition) is 3. The Morgan fingerprint density at radius 3 is 2.11 bits per heavy atom. The number of aryl methyl sites for hydroxylation is 4. The molecule has 0 spiro atoms. The topological polar surface area (TPSA) is 57.8 Å². The van der Waals surface area contributed by atoms with Crippen molar-refractivity contribution in [2.45, 2.75) is 27.7 Å². The first-order valence-electron chi connectivity index (χ1n) is 14.7. The van der Waals surface area contributed by atoms with Crippen LogP contribution >= 0.6 is 0 Å². The predicted molar refractivity (Wildman–Crippen MR) is 177 cm³/mol. The molecule has 0 bridgehead atoms. The largest absolute Gasteiger partial charge is 0.506 e. The van der Waals surface area contributed by atoms with E-state index >= 15 is 0 Å². The van der Waals surface area contributed by atoms with Crippen LogP contribution in [0.3, 0.4) is 0 Å². The first-order valence-corrected chi connectivity index (χ1v) is 14.7. The number of ketones is 1. The van der Waals surface area contributed by atoms with Crippen LogP contribution in [0.5, 0.6) is 5.75 Å². The monoisotopic (exact) mass is 575 g/mol. The van der Waals surface area contributed by atoms with Gasteiger partial charge < -0.3 is 9.84 Å². The molecule has 1 aliphatic carbocycles. The average Bonchev–Trinajstić information content (AvgIpc) is 3.03. The van der Waals surface area contributed by atoms with Gasteiger partial charge in [0.1, 0.15) is 17.3 Å². The summed E-state index contributed by atoms with van der Waals surface area (Å²) in [6, 6.07) is 30.0. The van der Waals surface area contributed by atoms with Crippen molar-refractivity contribution in [2.24, 2.45) is 0 Å². The maximum absolute atomic E-state index is 13.7. The molecule has 1 aromatic heterocycles. The molecule has 0 saturated heterocycles. The summed E-state index contributed by atoms with van der Waals surface area (Å²) in [6.45, 7) is 8.12. The maximum Gasteiger partial charge on any atom is 0.364 e. The lowest BCUT2D eigenvalue weighted by Gasteiger charge is -2.25. The molecule has 0 unspecified atom stereocenters. The summed E-state index contributed by atoms with van der Waals surface area (Å²) in [5.74, 6) is 1.91. The van der Waals surface area contributed by atoms with Crippen LogP contribution in [0.15, 0.2) is 124 Å². The summed E-state index contributed by atoms with van der Waals surface area (Å²) >= 11 is 0. The number of allylic oxidation sites excluding steroid dienone is 5. The van der Waals surface area contributed by atoms with Gasteiger partial charge in [-0.05, 0) is 98.5 Å². The second-order valence-electron chi connectivity index (χ2n) is 11.6. The molecule has 5 aromatic rings. The van der Waals surface area contributed by atoms with E-state index < -0.39 is 0 Å². The van der Waals surface area contributed by atoms with Gasteiger partial charge in [0.05, 0.1) is 33.7 Å². The van der Waals surface area contributed by atoms with E-state index in [-0.39, 0.29) is 22.7 Å². The number of ether oxygens (including phenoxy) is 1. The molecular formula is C40H31O4+. The SMILES string of the molecule is Cc1cc(C)c2c(c1)/C(=C/C1=C(O)C(=C\c3cc(-c4ccccc4)[o+]c4c(C)cc(C)cc34)/C1=O)C=C(c1ccccc1)O2. The quantitative estimate of drug-likeness (QED) is 0.171. The van der Waals surface area contributed by atoms with Crippen molar-refractivity contribution in [3.05, 3.63) is 159 Å². The third kappa shape index (κ3) is 4.75. The van der Waals surface area contributed by atoms with E-state index in [2.05, 4.69) is 24.3 Å². The second kappa shape index (κ2) is 10.7. The van der Waals surface area contributed by atoms with Crippen molar-refractivity contribution in [1.29, 1.82) is 0 Å². The van der Waals surface area contributed by atoms with Gasteiger partial charge in [0.2, 0.25) is 5.78 Å². The van der Waals surface area contributed by atoms with Crippen molar-refractivity contribution in [3.8, 4) is 17.1 Å². The van der Waals surface area contributed by atoms with Crippen molar-refractivity contribution < 1.29 is 19.1 Å². The number of carbonyl (C=O) groups excluding carboxylic acids is 1. The number of aliphatic hydroxyl groups is 1. The Morgan fingerprint density at radius 1 is 0.750 bits per heavy atom. The molecule has 44 heavy (non-hydrogen) atoms. The molecule has 4 heteroatoms. The van der Waals surface area contributed by atoms with Gasteiger partial charge in [0.15, 0.2) is 0 Å². The fourth-order valence-corrected chi connectivity index (χ4v) is 6.08. The van der Waals surface area contributed by atoms with Crippen LogP contribution in [0.2, 0.25) is 0 Å². The van der Waals surface area contributed by atoms with E-state index in [9.17, 15) is 9.90 Å². The van der Waals surface area contributed by atoms with E-state index in [1.165, 1.54) is 0 Å². The number of Topliss-reactive ketones (excluding diaryl/α,β-unsaturated/α-hetero) is 1. The zero-order valence-corrected chi connectivity index (χ0v) is 25.1. The van der Waals surface area contributed by atoms with Crippen LogP contribution < -0.4 is 4.74 Å². The van der Waals surface area contributed by atoms with Gasteiger partial charge in [-0.15, -0.1) is 0 Å². The third-order valence-corrected chi connectivity index (χ3v) is 8.17. The van der Waals surface area contributed by atoms with Crippen LogP contribution in [-0.4, -0.2) is 10.9 Å². The number of rotatable bonds is 4. The van der Waals surface area contributed by atoms with Gasteiger partial charge in [-0.3, -0.25) is 4.79 Å². The fourth-order valence-electron chi connectivity index (χ4n) is 6.08. The molecular weight excluding hydrogens is 544 g/mol. The minimum absolute atomic E-state index is 0.0193. The zero-order valence-electron chi connectivity index (χ0n) is 25.1. The minimum atomic E-state index is -0.207. The zero-order chi connectivity index (χ0) is 30.5. The van der Waals surface area contributed by atoms with Gasteiger partial charge in [-0.25, -0.2) is 4.42 Å². The average molecular weight is 576 g/mol. The highest BCUT2D eigenvalue weighted by atomic mass is 16.5. The smallest absolute Gasteiger partial charge is 0.364 e. The summed E-state index contributed by atoms with van der Waals surface area (Å²) in [7, 11) is 0. The summed E-state index contributed by atoms with van der Waals surface area (Å²) in [5, 5.41) is 12.2. The molecule has 0 saturated carbocycles. The highest BCUT2D eigenvalue weighted by molar-refractivity contribution is 6.24. The van der Waals surface area contributed by atoms with Crippen molar-refractivity contribution >= 4 is 34.2 Å². The van der Waals surface area contributed by atoms with Crippen LogP contribution in [0.4, 0.5) is 0 Å². The third-order valence-electron chi connectivity index (χ3n) is 8.17. The molecule has 7 rings (SSSR count). The lowest BCUT2D eigenvalue weighted by atomic mass is 9.83. The second-order valence-corrected chi connectivity index (χ2v) is 11.6. The predicted octanol–water partition coefficient (Wildman–Crippen LogP) is 9.91. The van der Waals surface area contributed by atoms with E-state index in [0.29, 0.717) is 11.5 Å². The molecule has 0 atom stereocenters. The molecule has 2 heterocycles. The molecule has 0 amide bonds. The van der Waals surface area contributed by atoms with Crippen molar-refractivity contribution in [1.82, 2.24) is 0 Å². The van der Waals surface area contributed by atoms with E-state index in [4.69, 9.17) is 9.15 Å². The highest BCUT2D eigenvalue weighted by Crippen LogP contribution is 2.43. The Labute approximate surface area is 256 Å². The molecule has 1 N–H and O–H groups in total. The molecule has 0 fully saturated rings. The number of carbonyl (C=O) groups is 1. The first-order chi connectivity index (χ1) is 21.3. The van der Waals surface area contributed by atoms with E-state index in [0.717, 1.165) is 66.8 Å². The number of benzene rings is 4. The highest BCUT2D eigenvalue weighted by Gasteiger charge is 2.34.